The van der Waals surface area contributed by atoms with Crippen molar-refractivity contribution in [1.82, 2.24) is 5.32 Å². The highest BCUT2D eigenvalue weighted by Crippen LogP contribution is 2.31. The fourth-order valence-electron chi connectivity index (χ4n) is 2.02. The first-order chi connectivity index (χ1) is 8.39. The molecule has 0 saturated carbocycles. The van der Waals surface area contributed by atoms with Crippen LogP contribution in [0.25, 0.3) is 0 Å². The highest BCUT2D eigenvalue weighted by Gasteiger charge is 2.29. The van der Waals surface area contributed by atoms with Crippen molar-refractivity contribution in [3.8, 4) is 0 Å². The van der Waals surface area contributed by atoms with Crippen LogP contribution in [0.4, 0.5) is 10.5 Å². The van der Waals surface area contributed by atoms with Gasteiger partial charge in [-0.2, -0.15) is 0 Å². The second-order valence-electron chi connectivity index (χ2n) is 4.83. The third kappa shape index (κ3) is 2.36. The first-order valence-corrected chi connectivity index (χ1v) is 5.83. The van der Waals surface area contributed by atoms with E-state index in [1.165, 1.54) is 4.90 Å². The number of nitrogens with one attached hydrogen (secondary N) is 1. The maximum absolute atomic E-state index is 11.8. The summed E-state index contributed by atoms with van der Waals surface area (Å²) >= 11 is 0. The number of amides is 3. The quantitative estimate of drug-likeness (QED) is 0.830. The Hall–Kier alpha value is -1.88. The molecule has 0 aromatic heterocycles. The molecule has 5 nitrogen and oxygen atoms in total. The number of carbonyl (C=O) groups excluding carboxylic acids is 2. The molecular formula is C13H16N2O3. The van der Waals surface area contributed by atoms with Crippen LogP contribution in [0, 0.1) is 0 Å². The number of aliphatic hydroxyl groups is 1. The van der Waals surface area contributed by atoms with Crippen LogP contribution in [0.1, 0.15) is 25.8 Å². The lowest BCUT2D eigenvalue weighted by Gasteiger charge is -2.31. The van der Waals surface area contributed by atoms with E-state index < -0.39 is 11.6 Å². The van der Waals surface area contributed by atoms with E-state index in [1.807, 2.05) is 6.07 Å². The minimum absolute atomic E-state index is 0.267. The average Bonchev–Trinajstić information content (AvgIpc) is 2.28. The van der Waals surface area contributed by atoms with Gasteiger partial charge in [-0.1, -0.05) is 18.2 Å². The topological polar surface area (TPSA) is 69.6 Å². The van der Waals surface area contributed by atoms with Gasteiger partial charge in [-0.25, -0.2) is 4.79 Å². The van der Waals surface area contributed by atoms with Gasteiger partial charge in [0.05, 0.1) is 11.3 Å². The van der Waals surface area contributed by atoms with E-state index >= 15 is 0 Å². The third-order valence-electron chi connectivity index (χ3n) is 2.91. The number of hydrogen-bond donors (Lipinski definition) is 2. The lowest BCUT2D eigenvalue weighted by Crippen LogP contribution is -2.50. The van der Waals surface area contributed by atoms with Gasteiger partial charge in [0.2, 0.25) is 5.91 Å². The Balaban J connectivity index is 2.39. The summed E-state index contributed by atoms with van der Waals surface area (Å²) in [7, 11) is 0. The molecule has 5 heteroatoms. The van der Waals surface area contributed by atoms with Gasteiger partial charge in [-0.15, -0.1) is 0 Å². The molecule has 18 heavy (non-hydrogen) atoms. The van der Waals surface area contributed by atoms with Crippen molar-refractivity contribution in [2.24, 2.45) is 0 Å². The predicted octanol–water partition coefficient (Wildman–Crippen LogP) is 1.36. The molecule has 0 aliphatic carbocycles. The van der Waals surface area contributed by atoms with Gasteiger partial charge < -0.3 is 5.11 Å². The molecule has 96 valence electrons. The summed E-state index contributed by atoms with van der Waals surface area (Å²) in [6.07, 6.45) is 0.270. The van der Waals surface area contributed by atoms with Gasteiger partial charge in [0.25, 0.3) is 0 Å². The molecule has 0 bridgehead atoms. The van der Waals surface area contributed by atoms with Gasteiger partial charge in [0.15, 0.2) is 0 Å². The molecule has 1 saturated heterocycles. The van der Waals surface area contributed by atoms with Gasteiger partial charge in [0, 0.05) is 18.5 Å². The van der Waals surface area contributed by atoms with Crippen molar-refractivity contribution < 1.29 is 14.7 Å². The Labute approximate surface area is 105 Å². The molecule has 1 fully saturated rings. The molecule has 2 N–H and O–H groups in total. The number of imide groups is 1. The van der Waals surface area contributed by atoms with Crippen molar-refractivity contribution in [2.75, 3.05) is 11.4 Å². The van der Waals surface area contributed by atoms with Crippen LogP contribution >= 0.6 is 0 Å². The number of urea groups is 1. The van der Waals surface area contributed by atoms with E-state index in [1.54, 1.807) is 32.0 Å². The molecule has 0 spiro atoms. The van der Waals surface area contributed by atoms with E-state index in [4.69, 9.17) is 0 Å². The monoisotopic (exact) mass is 248 g/mol. The SMILES string of the molecule is CC(C)(O)c1ccccc1N1CCC(=O)NC1=O. The fourth-order valence-corrected chi connectivity index (χ4v) is 2.02. The number of carbonyl (C=O) groups is 2. The minimum atomic E-state index is -1.04. The molecule has 3 amide bonds. The van der Waals surface area contributed by atoms with Crippen LogP contribution in [0.5, 0.6) is 0 Å². The van der Waals surface area contributed by atoms with Crippen LogP contribution in [-0.4, -0.2) is 23.6 Å². The van der Waals surface area contributed by atoms with Crippen LogP contribution in [0.15, 0.2) is 24.3 Å². The van der Waals surface area contributed by atoms with E-state index in [9.17, 15) is 14.7 Å². The molecule has 0 radical (unpaired) electrons. The number of nitrogens with zero attached hydrogens (tertiary/aromatic N) is 1. The molecule has 0 atom stereocenters. The minimum Gasteiger partial charge on any atom is -0.386 e. The van der Waals surface area contributed by atoms with Crippen molar-refractivity contribution in [1.29, 1.82) is 0 Å². The molecule has 2 rings (SSSR count). The maximum atomic E-state index is 11.8. The number of benzene rings is 1. The summed E-state index contributed by atoms with van der Waals surface area (Å²) in [5, 5.41) is 12.4. The van der Waals surface area contributed by atoms with Crippen LogP contribution < -0.4 is 10.2 Å². The van der Waals surface area contributed by atoms with Gasteiger partial charge in [-0.3, -0.25) is 15.0 Å². The summed E-state index contributed by atoms with van der Waals surface area (Å²) in [5.41, 5.74) is 0.253. The Morgan fingerprint density at radius 3 is 2.56 bits per heavy atom. The molecule has 1 aromatic carbocycles. The summed E-state index contributed by atoms with van der Waals surface area (Å²) in [5.74, 6) is -0.267. The predicted molar refractivity (Wildman–Crippen MR) is 67.2 cm³/mol. The first kappa shape index (κ1) is 12.6. The van der Waals surface area contributed by atoms with Crippen LogP contribution in [-0.2, 0) is 10.4 Å². The molecule has 1 heterocycles. The Morgan fingerprint density at radius 1 is 1.28 bits per heavy atom. The van der Waals surface area contributed by atoms with Crippen molar-refractivity contribution >= 4 is 17.6 Å². The van der Waals surface area contributed by atoms with Gasteiger partial charge in [0.1, 0.15) is 0 Å². The first-order valence-electron chi connectivity index (χ1n) is 5.83. The zero-order valence-electron chi connectivity index (χ0n) is 10.4. The summed E-state index contributed by atoms with van der Waals surface area (Å²) in [4.78, 5) is 24.4. The van der Waals surface area contributed by atoms with Gasteiger partial charge in [-0.05, 0) is 19.9 Å². The van der Waals surface area contributed by atoms with Crippen molar-refractivity contribution in [3.05, 3.63) is 29.8 Å². The molecule has 1 aromatic rings. The normalized spacial score (nSPS) is 16.7. The Morgan fingerprint density at radius 2 is 1.94 bits per heavy atom. The fraction of sp³-hybridized carbons (Fsp3) is 0.385. The summed E-state index contributed by atoms with van der Waals surface area (Å²) in [6, 6.07) is 6.71. The highest BCUT2D eigenvalue weighted by atomic mass is 16.3. The highest BCUT2D eigenvalue weighted by molar-refractivity contribution is 6.05. The van der Waals surface area contributed by atoms with Crippen molar-refractivity contribution in [2.45, 2.75) is 25.9 Å². The average molecular weight is 248 g/mol. The third-order valence-corrected chi connectivity index (χ3v) is 2.91. The van der Waals surface area contributed by atoms with Gasteiger partial charge >= 0.3 is 6.03 Å². The van der Waals surface area contributed by atoms with Crippen LogP contribution in [0.3, 0.4) is 0 Å². The zero-order valence-corrected chi connectivity index (χ0v) is 10.4. The summed E-state index contributed by atoms with van der Waals surface area (Å²) in [6.45, 7) is 3.66. The molecular weight excluding hydrogens is 232 g/mol. The van der Waals surface area contributed by atoms with E-state index in [0.29, 0.717) is 17.8 Å². The van der Waals surface area contributed by atoms with Crippen molar-refractivity contribution in [3.63, 3.8) is 0 Å². The summed E-state index contributed by atoms with van der Waals surface area (Å²) < 4.78 is 0. The van der Waals surface area contributed by atoms with Crippen LogP contribution in [0.2, 0.25) is 0 Å². The number of hydrogen-bond acceptors (Lipinski definition) is 3. The maximum Gasteiger partial charge on any atom is 0.328 e. The Bertz CT molecular complexity index is 491. The van der Waals surface area contributed by atoms with E-state index in [-0.39, 0.29) is 12.3 Å². The van der Waals surface area contributed by atoms with E-state index in [2.05, 4.69) is 5.32 Å². The number of para-hydroxylation sites is 1. The standard InChI is InChI=1S/C13H16N2O3/c1-13(2,18)9-5-3-4-6-10(9)15-8-7-11(16)14-12(15)17/h3-6,18H,7-8H2,1-2H3,(H,14,16,17). The van der Waals surface area contributed by atoms with E-state index in [0.717, 1.165) is 0 Å². The second kappa shape index (κ2) is 4.42. The molecule has 1 aliphatic rings. The lowest BCUT2D eigenvalue weighted by atomic mass is 9.95. The lowest BCUT2D eigenvalue weighted by molar-refractivity contribution is -0.120. The molecule has 0 unspecified atom stereocenters. The molecule has 1 aliphatic heterocycles. The smallest absolute Gasteiger partial charge is 0.328 e. The number of anilines is 1. The zero-order chi connectivity index (χ0) is 13.3. The Kier molecular flexibility index (Phi) is 3.09. The number of rotatable bonds is 2. The largest absolute Gasteiger partial charge is 0.386 e. The second-order valence-corrected chi connectivity index (χ2v) is 4.83.